The number of aromatic nitrogens is 2. The van der Waals surface area contributed by atoms with Crippen molar-refractivity contribution >= 4 is 17.4 Å². The highest BCUT2D eigenvalue weighted by Gasteiger charge is 2.27. The number of benzene rings is 3. The van der Waals surface area contributed by atoms with Crippen molar-refractivity contribution in [3.63, 3.8) is 0 Å². The first-order chi connectivity index (χ1) is 22.5. The van der Waals surface area contributed by atoms with E-state index in [0.717, 1.165) is 28.3 Å². The fourth-order valence-corrected chi connectivity index (χ4v) is 4.94. The maximum Gasteiger partial charge on any atom is 0.235 e. The molecule has 46 heavy (non-hydrogen) atoms. The zero-order chi connectivity index (χ0) is 32.0. The number of hydrogen-bond acceptors (Lipinski definition) is 7. The molecule has 0 radical (unpaired) electrons. The van der Waals surface area contributed by atoms with E-state index >= 15 is 0 Å². The van der Waals surface area contributed by atoms with Crippen LogP contribution in [0.3, 0.4) is 0 Å². The van der Waals surface area contributed by atoms with Crippen LogP contribution in [0.2, 0.25) is 0 Å². The summed E-state index contributed by atoms with van der Waals surface area (Å²) in [6, 6.07) is 34.0. The predicted molar refractivity (Wildman–Crippen MR) is 181 cm³/mol. The number of hydrogen-bond donors (Lipinski definition) is 3. The monoisotopic (exact) mass is 613 g/mol. The van der Waals surface area contributed by atoms with Crippen molar-refractivity contribution in [1.82, 2.24) is 20.6 Å². The highest BCUT2D eigenvalue weighted by molar-refractivity contribution is 6.13. The molecule has 0 fully saturated rings. The number of ether oxygens (including phenoxy) is 1. The molecular formula is C38H39N5O3. The zero-order valence-electron chi connectivity index (χ0n) is 26.0. The molecule has 0 bridgehead atoms. The molecule has 0 spiro atoms. The van der Waals surface area contributed by atoms with Crippen LogP contribution in [-0.2, 0) is 24.4 Å². The Kier molecular flexibility index (Phi) is 11.7. The second-order valence-electron chi connectivity index (χ2n) is 11.1. The lowest BCUT2D eigenvalue weighted by molar-refractivity contribution is -0.118. The van der Waals surface area contributed by atoms with Crippen LogP contribution in [0.25, 0.3) is 0 Å². The maximum absolute atomic E-state index is 13.7. The van der Waals surface area contributed by atoms with Crippen molar-refractivity contribution in [2.45, 2.75) is 39.4 Å². The van der Waals surface area contributed by atoms with E-state index in [1.165, 1.54) is 0 Å². The Balaban J connectivity index is 1.20. The summed E-state index contributed by atoms with van der Waals surface area (Å²) >= 11 is 0. The number of ketones is 1. The lowest BCUT2D eigenvalue weighted by Gasteiger charge is -2.17. The van der Waals surface area contributed by atoms with E-state index in [0.29, 0.717) is 56.0 Å². The highest BCUT2D eigenvalue weighted by atomic mass is 16.5. The van der Waals surface area contributed by atoms with Crippen LogP contribution in [0.5, 0.6) is 11.5 Å². The Bertz CT molecular complexity index is 1660. The topological polar surface area (TPSA) is 105 Å². The minimum atomic E-state index is -0.840. The number of anilines is 1. The fraction of sp³-hybridized carbons (Fsp3) is 0.211. The van der Waals surface area contributed by atoms with E-state index in [1.807, 2.05) is 79.7 Å². The number of nitrogens with one attached hydrogen (secondary N) is 3. The van der Waals surface area contributed by atoms with Crippen LogP contribution in [0, 0.1) is 12.8 Å². The normalized spacial score (nSPS) is 11.5. The quantitative estimate of drug-likeness (QED) is 0.0633. The molecular weight excluding hydrogens is 574 g/mol. The first-order valence-electron chi connectivity index (χ1n) is 15.5. The van der Waals surface area contributed by atoms with E-state index in [-0.39, 0.29) is 11.7 Å². The third kappa shape index (κ3) is 9.92. The number of pyridine rings is 2. The van der Waals surface area contributed by atoms with Gasteiger partial charge in [-0.2, -0.15) is 0 Å². The van der Waals surface area contributed by atoms with Gasteiger partial charge in [0.1, 0.15) is 17.4 Å². The minimum Gasteiger partial charge on any atom is -0.457 e. The summed E-state index contributed by atoms with van der Waals surface area (Å²) < 4.78 is 5.92. The number of Topliss-reactive ketones (excluding diaryl/α,β-unsaturated/α-hetero) is 1. The molecule has 234 valence electrons. The molecule has 1 atom stereocenters. The van der Waals surface area contributed by atoms with Crippen LogP contribution >= 0.6 is 0 Å². The highest BCUT2D eigenvalue weighted by Crippen LogP contribution is 2.24. The molecule has 8 heteroatoms. The van der Waals surface area contributed by atoms with Gasteiger partial charge in [-0.25, -0.2) is 0 Å². The first kappa shape index (κ1) is 32.2. The molecule has 2 heterocycles. The van der Waals surface area contributed by atoms with Gasteiger partial charge in [-0.05, 0) is 92.5 Å². The van der Waals surface area contributed by atoms with Crippen molar-refractivity contribution < 1.29 is 14.3 Å². The Labute approximate surface area is 270 Å². The van der Waals surface area contributed by atoms with E-state index in [2.05, 4.69) is 25.9 Å². The predicted octanol–water partition coefficient (Wildman–Crippen LogP) is 6.87. The van der Waals surface area contributed by atoms with Crippen molar-refractivity contribution in [3.8, 4) is 11.5 Å². The molecule has 0 aliphatic rings. The summed E-state index contributed by atoms with van der Waals surface area (Å²) in [5.74, 6) is 0.0219. The number of nitrogens with zero attached hydrogens (tertiary/aromatic N) is 2. The molecule has 0 saturated carbocycles. The zero-order valence-corrected chi connectivity index (χ0v) is 26.0. The van der Waals surface area contributed by atoms with Gasteiger partial charge in [0.15, 0.2) is 5.78 Å². The third-order valence-corrected chi connectivity index (χ3v) is 7.49. The largest absolute Gasteiger partial charge is 0.457 e. The third-order valence-electron chi connectivity index (χ3n) is 7.49. The molecule has 3 aromatic carbocycles. The average molecular weight is 614 g/mol. The molecule has 1 amide bonds. The Hall–Kier alpha value is -5.18. The van der Waals surface area contributed by atoms with Gasteiger partial charge in [0, 0.05) is 43.3 Å². The second kappa shape index (κ2) is 16.8. The van der Waals surface area contributed by atoms with Gasteiger partial charge in [-0.1, -0.05) is 54.1 Å². The summed E-state index contributed by atoms with van der Waals surface area (Å²) in [5, 5.41) is 9.69. The van der Waals surface area contributed by atoms with Crippen molar-refractivity contribution in [3.05, 3.63) is 150 Å². The van der Waals surface area contributed by atoms with Gasteiger partial charge in [0.2, 0.25) is 5.91 Å². The molecule has 3 N–H and O–H groups in total. The molecule has 8 nitrogen and oxygen atoms in total. The number of rotatable bonds is 16. The Morgan fingerprint density at radius 3 is 1.91 bits per heavy atom. The van der Waals surface area contributed by atoms with E-state index in [4.69, 9.17) is 4.74 Å². The summed E-state index contributed by atoms with van der Waals surface area (Å²) in [4.78, 5) is 35.9. The van der Waals surface area contributed by atoms with Crippen LogP contribution in [0.4, 0.5) is 5.69 Å². The van der Waals surface area contributed by atoms with Gasteiger partial charge >= 0.3 is 0 Å². The number of carbonyl (C=O) groups is 2. The molecule has 0 unspecified atom stereocenters. The van der Waals surface area contributed by atoms with Crippen LogP contribution in [-0.4, -0.2) is 28.2 Å². The minimum absolute atomic E-state index is 0.199. The van der Waals surface area contributed by atoms with Crippen LogP contribution in [0.1, 0.15) is 45.7 Å². The standard InChI is InChI=1S/C38H39N5O3/c1-28-10-18-34(19-11-28)46-35-20-16-31(17-21-35)43-38(45)36(9-6-22-39-26-32-7-2-4-23-41-32)37(44)30-14-12-29(13-15-30)25-40-27-33-8-3-5-24-42-33/h2-5,7-8,10-21,23-24,36,39-40H,6,9,22,25-27H2,1H3,(H,43,45)/t36-/m0/s1. The molecule has 0 aliphatic carbocycles. The van der Waals surface area contributed by atoms with Crippen LogP contribution < -0.4 is 20.7 Å². The first-order valence-corrected chi connectivity index (χ1v) is 15.5. The van der Waals surface area contributed by atoms with Crippen LogP contribution in [0.15, 0.2) is 122 Å². The number of amides is 1. The lowest BCUT2D eigenvalue weighted by Crippen LogP contribution is -2.31. The van der Waals surface area contributed by atoms with E-state index in [1.54, 1.807) is 48.8 Å². The summed E-state index contributed by atoms with van der Waals surface area (Å²) in [5.41, 5.74) is 5.21. The molecule has 5 rings (SSSR count). The van der Waals surface area contributed by atoms with E-state index < -0.39 is 5.92 Å². The smallest absolute Gasteiger partial charge is 0.235 e. The van der Waals surface area contributed by atoms with Gasteiger partial charge in [0.25, 0.3) is 0 Å². The average Bonchev–Trinajstić information content (AvgIpc) is 3.09. The van der Waals surface area contributed by atoms with Crippen molar-refractivity contribution in [2.75, 3.05) is 11.9 Å². The lowest BCUT2D eigenvalue weighted by atomic mass is 9.91. The molecule has 0 saturated heterocycles. The fourth-order valence-electron chi connectivity index (χ4n) is 4.94. The Morgan fingerprint density at radius 1 is 0.696 bits per heavy atom. The van der Waals surface area contributed by atoms with Crippen molar-refractivity contribution in [2.24, 2.45) is 5.92 Å². The van der Waals surface area contributed by atoms with Gasteiger partial charge in [-0.15, -0.1) is 0 Å². The van der Waals surface area contributed by atoms with Gasteiger partial charge in [-0.3, -0.25) is 19.6 Å². The molecule has 0 aliphatic heterocycles. The molecule has 5 aromatic rings. The van der Waals surface area contributed by atoms with E-state index in [9.17, 15) is 9.59 Å². The van der Waals surface area contributed by atoms with Gasteiger partial charge in [0.05, 0.1) is 11.4 Å². The summed E-state index contributed by atoms with van der Waals surface area (Å²) in [6.45, 7) is 4.59. The summed E-state index contributed by atoms with van der Waals surface area (Å²) in [6.07, 6.45) is 4.59. The summed E-state index contributed by atoms with van der Waals surface area (Å²) in [7, 11) is 0. The second-order valence-corrected chi connectivity index (χ2v) is 11.1. The van der Waals surface area contributed by atoms with Crippen molar-refractivity contribution in [1.29, 1.82) is 0 Å². The van der Waals surface area contributed by atoms with Gasteiger partial charge < -0.3 is 20.7 Å². The molecule has 2 aromatic heterocycles. The maximum atomic E-state index is 13.7. The number of carbonyl (C=O) groups excluding carboxylic acids is 2. The number of aryl methyl sites for hydroxylation is 1. The SMILES string of the molecule is Cc1ccc(Oc2ccc(NC(=O)[C@@H](CCCNCc3ccccn3)C(=O)c3ccc(CNCc4ccccn4)cc3)cc2)cc1. The Morgan fingerprint density at radius 2 is 1.30 bits per heavy atom.